The molecule has 2 rings (SSSR count). The van der Waals surface area contributed by atoms with Crippen molar-refractivity contribution in [2.75, 3.05) is 0 Å². The maximum Gasteiger partial charge on any atom is 0.391 e. The first-order valence-corrected chi connectivity index (χ1v) is 6.73. The lowest BCUT2D eigenvalue weighted by molar-refractivity contribution is -0.185. The summed E-state index contributed by atoms with van der Waals surface area (Å²) in [7, 11) is 0. The lowest BCUT2D eigenvalue weighted by Gasteiger charge is -2.30. The molecule has 1 nitrogen and oxygen atoms in total. The highest BCUT2D eigenvalue weighted by atomic mass is 35.5. The van der Waals surface area contributed by atoms with E-state index in [4.69, 9.17) is 16.3 Å². The van der Waals surface area contributed by atoms with Crippen LogP contribution in [0.3, 0.4) is 0 Å². The number of hydrogen-bond donors (Lipinski definition) is 0. The molecule has 1 aliphatic rings. The zero-order valence-electron chi connectivity index (χ0n) is 10.6. The summed E-state index contributed by atoms with van der Waals surface area (Å²) in [6.45, 7) is 1.90. The smallest absolute Gasteiger partial charge is 0.391 e. The lowest BCUT2D eigenvalue weighted by Crippen LogP contribution is -2.31. The number of benzene rings is 1. The second kappa shape index (κ2) is 5.61. The first-order valence-electron chi connectivity index (χ1n) is 6.35. The second-order valence-electron chi connectivity index (χ2n) is 5.10. The Morgan fingerprint density at radius 2 is 1.74 bits per heavy atom. The van der Waals surface area contributed by atoms with Gasteiger partial charge in [-0.15, -0.1) is 0 Å². The van der Waals surface area contributed by atoms with Crippen LogP contribution in [0.1, 0.15) is 31.2 Å². The van der Waals surface area contributed by atoms with Gasteiger partial charge in [-0.25, -0.2) is 0 Å². The Hall–Kier alpha value is -0.900. The molecule has 1 aromatic rings. The van der Waals surface area contributed by atoms with E-state index in [0.717, 1.165) is 5.56 Å². The molecule has 106 valence electrons. The molecule has 19 heavy (non-hydrogen) atoms. The normalized spacial score (nSPS) is 24.3. The summed E-state index contributed by atoms with van der Waals surface area (Å²) in [5, 5.41) is 0.582. The van der Waals surface area contributed by atoms with Gasteiger partial charge in [0.2, 0.25) is 0 Å². The number of alkyl halides is 3. The van der Waals surface area contributed by atoms with Crippen molar-refractivity contribution in [1.82, 2.24) is 0 Å². The van der Waals surface area contributed by atoms with Crippen molar-refractivity contribution in [1.29, 1.82) is 0 Å². The average molecular weight is 293 g/mol. The monoisotopic (exact) mass is 292 g/mol. The molecule has 0 heterocycles. The van der Waals surface area contributed by atoms with Gasteiger partial charge in [-0.2, -0.15) is 13.2 Å². The van der Waals surface area contributed by atoms with Gasteiger partial charge < -0.3 is 4.74 Å². The van der Waals surface area contributed by atoms with Gasteiger partial charge in [0, 0.05) is 5.02 Å². The average Bonchev–Trinajstić information content (AvgIpc) is 2.26. The van der Waals surface area contributed by atoms with Gasteiger partial charge in [0.15, 0.2) is 0 Å². The van der Waals surface area contributed by atoms with Crippen molar-refractivity contribution in [2.45, 2.75) is 44.9 Å². The largest absolute Gasteiger partial charge is 0.490 e. The Bertz CT molecular complexity index is 417. The van der Waals surface area contributed by atoms with Crippen molar-refractivity contribution >= 4 is 11.6 Å². The van der Waals surface area contributed by atoms with Gasteiger partial charge >= 0.3 is 6.18 Å². The molecule has 0 saturated heterocycles. The highest BCUT2D eigenvalue weighted by molar-refractivity contribution is 6.30. The molecule has 1 saturated carbocycles. The number of hydrogen-bond acceptors (Lipinski definition) is 1. The lowest BCUT2D eigenvalue weighted by atomic mass is 9.87. The van der Waals surface area contributed by atoms with Crippen LogP contribution in [0, 0.1) is 12.8 Å². The molecular weight excluding hydrogens is 277 g/mol. The van der Waals surface area contributed by atoms with E-state index in [0.29, 0.717) is 23.6 Å². The summed E-state index contributed by atoms with van der Waals surface area (Å²) in [6.07, 6.45) is -3.04. The minimum atomic E-state index is -4.07. The van der Waals surface area contributed by atoms with E-state index in [2.05, 4.69) is 0 Å². The number of halogens is 4. The molecule has 0 spiro atoms. The molecule has 1 aliphatic carbocycles. The number of rotatable bonds is 2. The number of aryl methyl sites for hydroxylation is 1. The minimum Gasteiger partial charge on any atom is -0.490 e. The molecule has 1 aromatic carbocycles. The first-order chi connectivity index (χ1) is 8.84. The summed E-state index contributed by atoms with van der Waals surface area (Å²) >= 11 is 5.92. The van der Waals surface area contributed by atoms with E-state index < -0.39 is 12.1 Å². The van der Waals surface area contributed by atoms with E-state index in [-0.39, 0.29) is 18.9 Å². The van der Waals surface area contributed by atoms with Crippen molar-refractivity contribution in [2.24, 2.45) is 5.92 Å². The predicted octanol–water partition coefficient (Wildman–Crippen LogP) is 5.15. The molecule has 0 aromatic heterocycles. The van der Waals surface area contributed by atoms with Crippen LogP contribution in [0.15, 0.2) is 18.2 Å². The van der Waals surface area contributed by atoms with Crippen LogP contribution < -0.4 is 4.74 Å². The molecule has 0 bridgehead atoms. The molecule has 0 atom stereocenters. The SMILES string of the molecule is Cc1cc(Cl)cc(OC2CCC(C(F)(F)F)CC2)c1. The Kier molecular flexibility index (Phi) is 4.29. The summed E-state index contributed by atoms with van der Waals surface area (Å²) in [4.78, 5) is 0. The molecule has 0 aliphatic heterocycles. The van der Waals surface area contributed by atoms with Gasteiger partial charge in [0.25, 0.3) is 0 Å². The van der Waals surface area contributed by atoms with Crippen molar-refractivity contribution < 1.29 is 17.9 Å². The second-order valence-corrected chi connectivity index (χ2v) is 5.53. The fourth-order valence-corrected chi connectivity index (χ4v) is 2.75. The van der Waals surface area contributed by atoms with Crippen LogP contribution >= 0.6 is 11.6 Å². The predicted molar refractivity (Wildman–Crippen MR) is 68.6 cm³/mol. The van der Waals surface area contributed by atoms with Crippen LogP contribution in [0.2, 0.25) is 5.02 Å². The molecule has 5 heteroatoms. The van der Waals surface area contributed by atoms with Crippen LogP contribution in [0.5, 0.6) is 5.75 Å². The van der Waals surface area contributed by atoms with Crippen LogP contribution in [0.4, 0.5) is 13.2 Å². The van der Waals surface area contributed by atoms with Gasteiger partial charge in [-0.05, 0) is 56.4 Å². The molecule has 0 unspecified atom stereocenters. The van der Waals surface area contributed by atoms with E-state index in [1.54, 1.807) is 6.07 Å². The molecule has 0 amide bonds. The highest BCUT2D eigenvalue weighted by Crippen LogP contribution is 2.38. The third-order valence-electron chi connectivity index (χ3n) is 3.46. The maximum atomic E-state index is 12.5. The first kappa shape index (κ1) is 14.5. The maximum absolute atomic E-state index is 12.5. The van der Waals surface area contributed by atoms with Crippen molar-refractivity contribution in [3.8, 4) is 5.75 Å². The fourth-order valence-electron chi connectivity index (χ4n) is 2.47. The fraction of sp³-hybridized carbons (Fsp3) is 0.571. The van der Waals surface area contributed by atoms with Crippen LogP contribution in [0.25, 0.3) is 0 Å². The zero-order chi connectivity index (χ0) is 14.0. The molecular formula is C14H16ClF3O. The Morgan fingerprint density at radius 1 is 1.11 bits per heavy atom. The van der Waals surface area contributed by atoms with Gasteiger partial charge in [-0.1, -0.05) is 11.6 Å². The van der Waals surface area contributed by atoms with Crippen LogP contribution in [-0.2, 0) is 0 Å². The Balaban J connectivity index is 1.92. The summed E-state index contributed by atoms with van der Waals surface area (Å²) in [5.41, 5.74) is 0.978. The highest BCUT2D eigenvalue weighted by Gasteiger charge is 2.41. The third-order valence-corrected chi connectivity index (χ3v) is 3.67. The molecule has 1 fully saturated rings. The topological polar surface area (TPSA) is 9.23 Å². The summed E-state index contributed by atoms with van der Waals surface area (Å²) in [6, 6.07) is 5.36. The zero-order valence-corrected chi connectivity index (χ0v) is 11.4. The van der Waals surface area contributed by atoms with E-state index in [9.17, 15) is 13.2 Å². The Labute approximate surface area is 115 Å². The minimum absolute atomic E-state index is 0.142. The van der Waals surface area contributed by atoms with E-state index in [1.807, 2.05) is 19.1 Å². The van der Waals surface area contributed by atoms with Crippen LogP contribution in [-0.4, -0.2) is 12.3 Å². The summed E-state index contributed by atoms with van der Waals surface area (Å²) < 4.78 is 43.4. The van der Waals surface area contributed by atoms with Crippen molar-refractivity contribution in [3.63, 3.8) is 0 Å². The quantitative estimate of drug-likeness (QED) is 0.732. The van der Waals surface area contributed by atoms with Gasteiger partial charge in [-0.3, -0.25) is 0 Å². The molecule has 0 radical (unpaired) electrons. The van der Waals surface area contributed by atoms with E-state index in [1.165, 1.54) is 0 Å². The van der Waals surface area contributed by atoms with Gasteiger partial charge in [0.05, 0.1) is 12.0 Å². The van der Waals surface area contributed by atoms with E-state index >= 15 is 0 Å². The third kappa shape index (κ3) is 4.03. The van der Waals surface area contributed by atoms with Crippen molar-refractivity contribution in [3.05, 3.63) is 28.8 Å². The van der Waals surface area contributed by atoms with Gasteiger partial charge in [0.1, 0.15) is 5.75 Å². The summed E-state index contributed by atoms with van der Waals surface area (Å²) in [5.74, 6) is -0.533. The number of ether oxygens (including phenoxy) is 1. The molecule has 0 N–H and O–H groups in total. The standard InChI is InChI=1S/C14H16ClF3O/c1-9-6-11(15)8-13(7-9)19-12-4-2-10(3-5-12)14(16,17)18/h6-8,10,12H,2-5H2,1H3. The Morgan fingerprint density at radius 3 is 2.26 bits per heavy atom.